The van der Waals surface area contributed by atoms with Gasteiger partial charge in [-0.1, -0.05) is 0 Å². The van der Waals surface area contributed by atoms with Crippen molar-refractivity contribution in [2.45, 2.75) is 12.3 Å². The summed E-state index contributed by atoms with van der Waals surface area (Å²) < 4.78 is 69.5. The number of aryl methyl sites for hydroxylation is 1. The third-order valence-corrected chi connectivity index (χ3v) is 8.26. The van der Waals surface area contributed by atoms with E-state index in [1.165, 1.54) is 22.8 Å². The van der Waals surface area contributed by atoms with E-state index in [1.807, 2.05) is 4.90 Å². The number of pyridine rings is 1. The summed E-state index contributed by atoms with van der Waals surface area (Å²) in [7, 11) is -2.24. The number of halogens is 2. The van der Waals surface area contributed by atoms with Crippen LogP contribution in [-0.4, -0.2) is 54.5 Å². The Morgan fingerprint density at radius 2 is 1.79 bits per heavy atom. The molecule has 0 bridgehead atoms. The summed E-state index contributed by atoms with van der Waals surface area (Å²) in [6.45, 7) is 3.50. The second-order valence-corrected chi connectivity index (χ2v) is 11.0. The molecule has 38 heavy (non-hydrogen) atoms. The van der Waals surface area contributed by atoms with Gasteiger partial charge < -0.3 is 19.0 Å². The molecular weight excluding hydrogens is 518 g/mol. The van der Waals surface area contributed by atoms with Crippen molar-refractivity contribution in [3.05, 3.63) is 76.8 Å². The van der Waals surface area contributed by atoms with Gasteiger partial charge in [-0.2, -0.15) is 0 Å². The average Bonchev–Trinajstić information content (AvgIpc) is 3.39. The first-order valence-electron chi connectivity index (χ1n) is 11.9. The van der Waals surface area contributed by atoms with Crippen LogP contribution in [0.4, 0.5) is 14.5 Å². The SMILES string of the molecule is CC(N1CCOCC1)S(=O)(=O)Nc1ccc(Oc2ccc(F)cc2F)c(-c2cn(C)c(=O)c3[nH]ccc23)c1. The zero-order valence-electron chi connectivity index (χ0n) is 20.7. The molecule has 3 heterocycles. The zero-order chi connectivity index (χ0) is 27.0. The predicted octanol–water partition coefficient (Wildman–Crippen LogP) is 4.02. The lowest BCUT2D eigenvalue weighted by Crippen LogP contribution is -2.47. The van der Waals surface area contributed by atoms with E-state index in [2.05, 4.69) is 9.71 Å². The Balaban J connectivity index is 1.59. The number of anilines is 1. The molecule has 0 amide bonds. The topological polar surface area (TPSA) is 106 Å². The third kappa shape index (κ3) is 5.02. The van der Waals surface area contributed by atoms with Crippen molar-refractivity contribution in [1.29, 1.82) is 0 Å². The molecule has 0 radical (unpaired) electrons. The highest BCUT2D eigenvalue weighted by molar-refractivity contribution is 7.93. The van der Waals surface area contributed by atoms with E-state index in [0.29, 0.717) is 54.4 Å². The first kappa shape index (κ1) is 25.9. The van der Waals surface area contributed by atoms with Gasteiger partial charge in [0.15, 0.2) is 11.6 Å². The van der Waals surface area contributed by atoms with Gasteiger partial charge in [0.1, 0.15) is 22.5 Å². The highest BCUT2D eigenvalue weighted by Gasteiger charge is 2.29. The Morgan fingerprint density at radius 1 is 1.05 bits per heavy atom. The maximum atomic E-state index is 14.4. The van der Waals surface area contributed by atoms with Gasteiger partial charge in [-0.05, 0) is 43.3 Å². The normalized spacial score (nSPS) is 15.5. The second-order valence-electron chi connectivity index (χ2n) is 9.01. The predicted molar refractivity (Wildman–Crippen MR) is 140 cm³/mol. The molecule has 1 aliphatic heterocycles. The fourth-order valence-electron chi connectivity index (χ4n) is 4.44. The molecule has 2 N–H and O–H groups in total. The highest BCUT2D eigenvalue weighted by Crippen LogP contribution is 2.39. The molecule has 5 rings (SSSR count). The smallest absolute Gasteiger partial charge is 0.274 e. The Bertz CT molecular complexity index is 1660. The Morgan fingerprint density at radius 3 is 2.53 bits per heavy atom. The van der Waals surface area contributed by atoms with Gasteiger partial charge in [-0.3, -0.25) is 14.4 Å². The lowest BCUT2D eigenvalue weighted by atomic mass is 10.0. The minimum absolute atomic E-state index is 0.181. The summed E-state index contributed by atoms with van der Waals surface area (Å²) in [5, 5.41) is -0.243. The van der Waals surface area contributed by atoms with E-state index in [-0.39, 0.29) is 22.7 Å². The lowest BCUT2D eigenvalue weighted by molar-refractivity contribution is 0.0338. The van der Waals surface area contributed by atoms with E-state index in [4.69, 9.17) is 9.47 Å². The molecule has 12 heteroatoms. The van der Waals surface area contributed by atoms with Gasteiger partial charge in [-0.15, -0.1) is 0 Å². The molecule has 200 valence electrons. The average molecular weight is 545 g/mol. The molecule has 0 saturated carbocycles. The van der Waals surface area contributed by atoms with Gasteiger partial charge in [0.25, 0.3) is 5.56 Å². The fourth-order valence-corrected chi connectivity index (χ4v) is 5.67. The van der Waals surface area contributed by atoms with E-state index in [0.717, 1.165) is 6.07 Å². The van der Waals surface area contributed by atoms with Gasteiger partial charge >= 0.3 is 0 Å². The second kappa shape index (κ2) is 10.2. The zero-order valence-corrected chi connectivity index (χ0v) is 21.5. The molecule has 1 unspecified atom stereocenters. The van der Waals surface area contributed by atoms with Crippen LogP contribution >= 0.6 is 0 Å². The number of aromatic nitrogens is 2. The molecule has 9 nitrogen and oxygen atoms in total. The summed E-state index contributed by atoms with van der Waals surface area (Å²) in [4.78, 5) is 17.4. The number of hydrogen-bond donors (Lipinski definition) is 2. The van der Waals surface area contributed by atoms with E-state index >= 15 is 0 Å². The van der Waals surface area contributed by atoms with Crippen molar-refractivity contribution in [3.63, 3.8) is 0 Å². The lowest BCUT2D eigenvalue weighted by Gasteiger charge is -2.31. The number of nitrogens with zero attached hydrogens (tertiary/aromatic N) is 2. The van der Waals surface area contributed by atoms with Crippen LogP contribution < -0.4 is 15.0 Å². The third-order valence-electron chi connectivity index (χ3n) is 6.55. The maximum Gasteiger partial charge on any atom is 0.274 e. The number of H-pyrrole nitrogens is 1. The van der Waals surface area contributed by atoms with Gasteiger partial charge in [0, 0.05) is 60.8 Å². The molecular formula is C26H26F2N4O5S. The maximum absolute atomic E-state index is 14.4. The summed E-state index contributed by atoms with van der Waals surface area (Å²) in [6.07, 6.45) is 3.21. The Kier molecular flexibility index (Phi) is 6.95. The fraction of sp³-hybridized carbons (Fsp3) is 0.269. The minimum Gasteiger partial charge on any atom is -0.454 e. The first-order chi connectivity index (χ1) is 18.1. The van der Waals surface area contributed by atoms with Gasteiger partial charge in [-0.25, -0.2) is 17.2 Å². The van der Waals surface area contributed by atoms with Crippen LogP contribution in [0.25, 0.3) is 22.0 Å². The quantitative estimate of drug-likeness (QED) is 0.364. The number of morpholine rings is 1. The minimum atomic E-state index is -3.83. The molecule has 1 fully saturated rings. The number of benzene rings is 2. The van der Waals surface area contributed by atoms with Gasteiger partial charge in [0.05, 0.1) is 13.2 Å². The van der Waals surface area contributed by atoms with Crippen LogP contribution in [-0.2, 0) is 21.8 Å². The number of sulfonamides is 1. The summed E-state index contributed by atoms with van der Waals surface area (Å²) in [5.41, 5.74) is 1.29. The molecule has 2 aromatic heterocycles. The molecule has 0 aliphatic carbocycles. The summed E-state index contributed by atoms with van der Waals surface area (Å²) >= 11 is 0. The molecule has 1 atom stereocenters. The van der Waals surface area contributed by atoms with Gasteiger partial charge in [0.2, 0.25) is 10.0 Å². The van der Waals surface area contributed by atoms with Crippen LogP contribution in [0.1, 0.15) is 6.92 Å². The van der Waals surface area contributed by atoms with Crippen LogP contribution in [0.5, 0.6) is 11.5 Å². The Hall–Kier alpha value is -3.74. The van der Waals surface area contributed by atoms with Crippen LogP contribution in [0.15, 0.2) is 59.7 Å². The molecule has 2 aromatic carbocycles. The number of ether oxygens (including phenoxy) is 2. The molecule has 4 aromatic rings. The van der Waals surface area contributed by atoms with Crippen LogP contribution in [0.2, 0.25) is 0 Å². The van der Waals surface area contributed by atoms with Crippen molar-refractivity contribution >= 4 is 26.6 Å². The highest BCUT2D eigenvalue weighted by atomic mass is 32.2. The first-order valence-corrected chi connectivity index (χ1v) is 13.5. The van der Waals surface area contributed by atoms with Crippen LogP contribution in [0, 0.1) is 11.6 Å². The monoisotopic (exact) mass is 544 g/mol. The number of nitrogens with one attached hydrogen (secondary N) is 2. The number of fused-ring (bicyclic) bond motifs is 1. The largest absolute Gasteiger partial charge is 0.454 e. The van der Waals surface area contributed by atoms with Crippen molar-refractivity contribution in [2.75, 3.05) is 31.0 Å². The molecule has 0 spiro atoms. The van der Waals surface area contributed by atoms with Crippen LogP contribution in [0.3, 0.4) is 0 Å². The number of hydrogen-bond acceptors (Lipinski definition) is 6. The van der Waals surface area contributed by atoms with Crippen molar-refractivity contribution in [2.24, 2.45) is 7.05 Å². The van der Waals surface area contributed by atoms with Crippen molar-refractivity contribution in [3.8, 4) is 22.6 Å². The van der Waals surface area contributed by atoms with Crippen molar-refractivity contribution in [1.82, 2.24) is 14.5 Å². The molecule has 1 saturated heterocycles. The van der Waals surface area contributed by atoms with E-state index in [9.17, 15) is 22.0 Å². The van der Waals surface area contributed by atoms with Crippen molar-refractivity contribution < 1.29 is 26.7 Å². The standard InChI is InChI=1S/C26H26F2N4O5S/c1-16(32-9-11-36-12-10-32)38(34,35)30-18-4-6-23(37-24-5-3-17(27)13-22(24)28)20(14-18)21-15-31(2)26(33)25-19(21)7-8-29-25/h3-8,13-16,29-30H,9-12H2,1-2H3. The molecule has 1 aliphatic rings. The Labute approximate surface area is 217 Å². The number of aromatic amines is 1. The summed E-state index contributed by atoms with van der Waals surface area (Å²) in [5.74, 6) is -1.67. The van der Waals surface area contributed by atoms with E-state index < -0.39 is 27.0 Å². The number of rotatable bonds is 7. The van der Waals surface area contributed by atoms with E-state index in [1.54, 1.807) is 38.5 Å². The summed E-state index contributed by atoms with van der Waals surface area (Å²) in [6, 6.07) is 9.23.